The third kappa shape index (κ3) is 4.76. The van der Waals surface area contributed by atoms with Crippen LogP contribution in [0.4, 0.5) is 11.4 Å². The van der Waals surface area contributed by atoms with Gasteiger partial charge in [0.2, 0.25) is 5.91 Å². The third-order valence-corrected chi connectivity index (χ3v) is 8.04. The number of likely N-dealkylation sites (N-methyl/N-ethyl adjacent to an activating group) is 1. The smallest absolute Gasteiger partial charge is 0.254 e. The van der Waals surface area contributed by atoms with E-state index in [1.165, 1.54) is 0 Å². The number of para-hydroxylation sites is 2. The normalized spacial score (nSPS) is 20.3. The number of thiophene rings is 1. The summed E-state index contributed by atoms with van der Waals surface area (Å²) >= 11 is 1.57. The molecule has 2 aliphatic rings. The average molecular weight is 505 g/mol. The quantitative estimate of drug-likeness (QED) is 0.526. The van der Waals surface area contributed by atoms with Crippen LogP contribution in [0, 0.1) is 0 Å². The van der Waals surface area contributed by atoms with E-state index in [0.717, 1.165) is 48.0 Å². The summed E-state index contributed by atoms with van der Waals surface area (Å²) in [6.07, 6.45) is 0. The van der Waals surface area contributed by atoms with Crippen LogP contribution in [0.15, 0.2) is 66.0 Å². The van der Waals surface area contributed by atoms with E-state index in [0.29, 0.717) is 18.7 Å². The number of amides is 2. The van der Waals surface area contributed by atoms with Crippen LogP contribution >= 0.6 is 11.3 Å². The minimum absolute atomic E-state index is 0.0667. The molecule has 2 aliphatic heterocycles. The first-order chi connectivity index (χ1) is 17.6. The van der Waals surface area contributed by atoms with Gasteiger partial charge < -0.3 is 24.8 Å². The highest BCUT2D eigenvalue weighted by atomic mass is 32.1. The molecule has 8 heteroatoms. The molecule has 1 fully saturated rings. The van der Waals surface area contributed by atoms with Crippen molar-refractivity contribution >= 4 is 34.5 Å². The number of nitrogens with zero attached hydrogens (tertiary/aromatic N) is 3. The minimum Gasteiger partial charge on any atom is -0.383 e. The molecular weight excluding hydrogens is 472 g/mol. The lowest BCUT2D eigenvalue weighted by Gasteiger charge is -2.41. The minimum atomic E-state index is -0.546. The summed E-state index contributed by atoms with van der Waals surface area (Å²) in [5.74, 6) is -0.727. The number of nitrogens with one attached hydrogen (secondary N) is 1. The number of hydrogen-bond acceptors (Lipinski definition) is 6. The van der Waals surface area contributed by atoms with Crippen molar-refractivity contribution in [3.63, 3.8) is 0 Å². The molecule has 1 aromatic heterocycles. The Balaban J connectivity index is 1.52. The van der Waals surface area contributed by atoms with Gasteiger partial charge in [-0.3, -0.25) is 9.59 Å². The van der Waals surface area contributed by atoms with Gasteiger partial charge in [-0.2, -0.15) is 0 Å². The lowest BCUT2D eigenvalue weighted by atomic mass is 9.81. The number of fused-ring (bicyclic) bond motifs is 1. The van der Waals surface area contributed by atoms with Gasteiger partial charge in [0.15, 0.2) is 0 Å². The van der Waals surface area contributed by atoms with Crippen molar-refractivity contribution in [1.82, 2.24) is 9.80 Å². The van der Waals surface area contributed by atoms with Crippen molar-refractivity contribution in [3.8, 4) is 0 Å². The second-order valence-corrected chi connectivity index (χ2v) is 10.3. The predicted molar refractivity (Wildman–Crippen MR) is 144 cm³/mol. The summed E-state index contributed by atoms with van der Waals surface area (Å²) in [7, 11) is 3.76. The summed E-state index contributed by atoms with van der Waals surface area (Å²) in [5.41, 5.74) is 3.18. The van der Waals surface area contributed by atoms with Gasteiger partial charge in [-0.1, -0.05) is 36.4 Å². The van der Waals surface area contributed by atoms with Gasteiger partial charge in [0.05, 0.1) is 29.9 Å². The van der Waals surface area contributed by atoms with Gasteiger partial charge in [0.1, 0.15) is 0 Å². The number of piperazine rings is 1. The molecule has 0 aliphatic carbocycles. The van der Waals surface area contributed by atoms with Crippen LogP contribution in [0.1, 0.15) is 32.8 Å². The first kappa shape index (κ1) is 24.5. The number of benzene rings is 2. The van der Waals surface area contributed by atoms with Gasteiger partial charge in [-0.05, 0) is 42.3 Å². The van der Waals surface area contributed by atoms with E-state index in [1.54, 1.807) is 23.3 Å². The molecule has 36 heavy (non-hydrogen) atoms. The molecule has 1 N–H and O–H groups in total. The first-order valence-corrected chi connectivity index (χ1v) is 13.2. The molecule has 1 saturated heterocycles. The van der Waals surface area contributed by atoms with E-state index in [2.05, 4.69) is 28.2 Å². The number of methoxy groups -OCH3 is 1. The Morgan fingerprint density at radius 3 is 2.53 bits per heavy atom. The fourth-order valence-electron chi connectivity index (χ4n) is 5.20. The number of hydrogen-bond donors (Lipinski definition) is 1. The summed E-state index contributed by atoms with van der Waals surface area (Å²) in [6.45, 7) is 4.59. The maximum atomic E-state index is 14.1. The van der Waals surface area contributed by atoms with E-state index in [4.69, 9.17) is 4.74 Å². The maximum Gasteiger partial charge on any atom is 0.254 e. The zero-order valence-corrected chi connectivity index (χ0v) is 21.5. The molecule has 3 aromatic rings. The molecule has 0 bridgehead atoms. The van der Waals surface area contributed by atoms with E-state index in [1.807, 2.05) is 60.0 Å². The Hall–Kier alpha value is -3.20. The van der Waals surface area contributed by atoms with Crippen LogP contribution in [0.5, 0.6) is 0 Å². The number of carbonyl (C=O) groups excluding carboxylic acids is 2. The predicted octanol–water partition coefficient (Wildman–Crippen LogP) is 4.07. The standard InChI is InChI=1S/C28H32N4O3S/c1-30-13-15-31(16-14-30)23-11-6-5-10-22(23)29-27(33)25-20-8-3-4-9-21(20)28(34)32(17-18-35-2)26(25)24-12-7-19-36-24/h3-12,19,25-26H,13-18H2,1-2H3,(H,29,33)/t25-,26-/m1/s1. The van der Waals surface area contributed by atoms with E-state index >= 15 is 0 Å². The van der Waals surface area contributed by atoms with Crippen molar-refractivity contribution in [2.24, 2.45) is 0 Å². The molecular formula is C28H32N4O3S. The summed E-state index contributed by atoms with van der Waals surface area (Å²) < 4.78 is 5.33. The molecule has 188 valence electrons. The van der Waals surface area contributed by atoms with E-state index in [-0.39, 0.29) is 11.8 Å². The molecule has 0 radical (unpaired) electrons. The first-order valence-electron chi connectivity index (χ1n) is 12.3. The van der Waals surface area contributed by atoms with Gasteiger partial charge >= 0.3 is 0 Å². The van der Waals surface area contributed by atoms with Crippen LogP contribution in [0.3, 0.4) is 0 Å². The Labute approximate surface area is 216 Å². The molecule has 3 heterocycles. The monoisotopic (exact) mass is 504 g/mol. The molecule has 0 spiro atoms. The highest BCUT2D eigenvalue weighted by molar-refractivity contribution is 7.10. The Morgan fingerprint density at radius 1 is 1.03 bits per heavy atom. The van der Waals surface area contributed by atoms with Gasteiger partial charge in [0.25, 0.3) is 5.91 Å². The highest BCUT2D eigenvalue weighted by Crippen LogP contribution is 2.45. The highest BCUT2D eigenvalue weighted by Gasteiger charge is 2.44. The van der Waals surface area contributed by atoms with Gasteiger partial charge in [-0.15, -0.1) is 11.3 Å². The molecule has 0 saturated carbocycles. The lowest BCUT2D eigenvalue weighted by molar-refractivity contribution is -0.119. The Bertz CT molecular complexity index is 1210. The Morgan fingerprint density at radius 2 is 1.78 bits per heavy atom. The summed E-state index contributed by atoms with van der Waals surface area (Å²) in [6, 6.07) is 19.1. The molecule has 2 aromatic carbocycles. The molecule has 0 unspecified atom stereocenters. The second kappa shape index (κ2) is 10.8. The van der Waals surface area contributed by atoms with Gasteiger partial charge in [-0.25, -0.2) is 0 Å². The SMILES string of the molecule is COCCN1C(=O)c2ccccc2[C@@H](C(=O)Nc2ccccc2N2CCN(C)CC2)[C@H]1c1cccs1. The topological polar surface area (TPSA) is 65.1 Å². The van der Waals surface area contributed by atoms with Crippen molar-refractivity contribution in [3.05, 3.63) is 82.0 Å². The van der Waals surface area contributed by atoms with Crippen LogP contribution < -0.4 is 10.2 Å². The van der Waals surface area contributed by atoms with Crippen LogP contribution in [-0.2, 0) is 9.53 Å². The van der Waals surface area contributed by atoms with Crippen LogP contribution in [0.2, 0.25) is 0 Å². The fourth-order valence-corrected chi connectivity index (χ4v) is 6.07. The molecule has 2 amide bonds. The lowest BCUT2D eigenvalue weighted by Crippen LogP contribution is -2.47. The summed E-state index contributed by atoms with van der Waals surface area (Å²) in [5, 5.41) is 5.25. The number of ether oxygens (including phenoxy) is 1. The summed E-state index contributed by atoms with van der Waals surface area (Å²) in [4.78, 5) is 35.2. The van der Waals surface area contributed by atoms with Crippen LogP contribution in [-0.4, -0.2) is 75.1 Å². The number of rotatable bonds is 7. The zero-order valence-electron chi connectivity index (χ0n) is 20.7. The van der Waals surface area contributed by atoms with Crippen molar-refractivity contribution in [2.75, 3.05) is 63.7 Å². The zero-order chi connectivity index (χ0) is 25.1. The Kier molecular flexibility index (Phi) is 7.36. The third-order valence-electron chi connectivity index (χ3n) is 7.10. The van der Waals surface area contributed by atoms with E-state index < -0.39 is 12.0 Å². The average Bonchev–Trinajstić information content (AvgIpc) is 3.43. The van der Waals surface area contributed by atoms with Gasteiger partial charge in [0, 0.05) is 50.3 Å². The molecule has 2 atom stereocenters. The van der Waals surface area contributed by atoms with Crippen molar-refractivity contribution in [1.29, 1.82) is 0 Å². The molecule has 7 nitrogen and oxygen atoms in total. The largest absolute Gasteiger partial charge is 0.383 e. The number of carbonyl (C=O) groups is 2. The maximum absolute atomic E-state index is 14.1. The number of anilines is 2. The van der Waals surface area contributed by atoms with Crippen molar-refractivity contribution < 1.29 is 14.3 Å². The second-order valence-electron chi connectivity index (χ2n) is 9.31. The fraction of sp³-hybridized carbons (Fsp3) is 0.357. The van der Waals surface area contributed by atoms with E-state index in [9.17, 15) is 9.59 Å². The van der Waals surface area contributed by atoms with Crippen LogP contribution in [0.25, 0.3) is 0 Å². The molecule has 5 rings (SSSR count). The van der Waals surface area contributed by atoms with Crippen molar-refractivity contribution in [2.45, 2.75) is 12.0 Å².